The largest absolute Gasteiger partial charge is 0.382 e. The van der Waals surface area contributed by atoms with Crippen LogP contribution in [-0.2, 0) is 5.60 Å². The molecule has 0 spiro atoms. The maximum atomic E-state index is 10.1. The van der Waals surface area contributed by atoms with Crippen LogP contribution in [0, 0.1) is 0 Å². The van der Waals surface area contributed by atoms with E-state index in [1.54, 1.807) is 18.3 Å². The van der Waals surface area contributed by atoms with Crippen LogP contribution in [0.3, 0.4) is 0 Å². The lowest BCUT2D eigenvalue weighted by Gasteiger charge is -2.20. The highest BCUT2D eigenvalue weighted by Crippen LogP contribution is 2.26. The summed E-state index contributed by atoms with van der Waals surface area (Å²) in [5.41, 5.74) is -0.105. The van der Waals surface area contributed by atoms with Crippen LogP contribution in [0.15, 0.2) is 18.3 Å². The Morgan fingerprint density at radius 3 is 2.92 bits per heavy atom. The van der Waals surface area contributed by atoms with Crippen molar-refractivity contribution in [2.45, 2.75) is 12.0 Å². The number of nitrogens with zero attached hydrogens (tertiary/aromatic N) is 1. The van der Waals surface area contributed by atoms with Crippen LogP contribution in [0.4, 0.5) is 0 Å². The smallest absolute Gasteiger partial charge is 0.120 e. The summed E-state index contributed by atoms with van der Waals surface area (Å²) >= 11 is 5.70. The minimum atomic E-state index is -0.801. The lowest BCUT2D eigenvalue weighted by molar-refractivity contribution is 0.0542. The van der Waals surface area contributed by atoms with Crippen LogP contribution in [0.1, 0.15) is 12.1 Å². The number of pyridine rings is 1. The van der Waals surface area contributed by atoms with Gasteiger partial charge in [0, 0.05) is 12.7 Å². The van der Waals surface area contributed by atoms with Gasteiger partial charge in [-0.3, -0.25) is 4.98 Å². The number of aliphatic hydroxyl groups is 1. The van der Waals surface area contributed by atoms with Crippen LogP contribution in [0.2, 0.25) is 5.02 Å². The summed E-state index contributed by atoms with van der Waals surface area (Å²) in [6.45, 7) is 1.41. The molecule has 1 atom stereocenters. The SMILES string of the molecule is OC1(c2ccc(Cl)cn2)CCNC1. The first kappa shape index (κ1) is 8.94. The molecule has 1 aliphatic rings. The molecular weight excluding hydrogens is 188 g/mol. The highest BCUT2D eigenvalue weighted by Gasteiger charge is 2.33. The third kappa shape index (κ3) is 1.68. The summed E-state index contributed by atoms with van der Waals surface area (Å²) in [5, 5.41) is 13.8. The molecule has 0 bridgehead atoms. The minimum absolute atomic E-state index is 0.571. The van der Waals surface area contributed by atoms with Crippen molar-refractivity contribution in [1.82, 2.24) is 10.3 Å². The number of hydrogen-bond acceptors (Lipinski definition) is 3. The van der Waals surface area contributed by atoms with E-state index in [0.29, 0.717) is 23.7 Å². The highest BCUT2D eigenvalue weighted by molar-refractivity contribution is 6.30. The monoisotopic (exact) mass is 198 g/mol. The molecule has 1 aromatic rings. The van der Waals surface area contributed by atoms with E-state index in [-0.39, 0.29) is 0 Å². The summed E-state index contributed by atoms with van der Waals surface area (Å²) in [4.78, 5) is 4.11. The maximum absolute atomic E-state index is 10.1. The van der Waals surface area contributed by atoms with E-state index in [9.17, 15) is 5.11 Å². The molecule has 1 aliphatic heterocycles. The third-order valence-corrected chi connectivity index (χ3v) is 2.56. The van der Waals surface area contributed by atoms with E-state index >= 15 is 0 Å². The Morgan fingerprint density at radius 2 is 2.38 bits per heavy atom. The molecule has 70 valence electrons. The van der Waals surface area contributed by atoms with Gasteiger partial charge in [-0.15, -0.1) is 0 Å². The molecule has 0 saturated carbocycles. The van der Waals surface area contributed by atoms with E-state index < -0.39 is 5.60 Å². The van der Waals surface area contributed by atoms with Crippen molar-refractivity contribution >= 4 is 11.6 Å². The van der Waals surface area contributed by atoms with Crippen LogP contribution in [-0.4, -0.2) is 23.2 Å². The Balaban J connectivity index is 2.29. The second kappa shape index (κ2) is 3.25. The zero-order chi connectivity index (χ0) is 9.31. The molecule has 1 unspecified atom stereocenters. The molecule has 2 N–H and O–H groups in total. The fourth-order valence-corrected chi connectivity index (χ4v) is 1.66. The Kier molecular flexibility index (Phi) is 2.24. The van der Waals surface area contributed by atoms with Crippen LogP contribution >= 0.6 is 11.6 Å². The zero-order valence-corrected chi connectivity index (χ0v) is 7.88. The third-order valence-electron chi connectivity index (χ3n) is 2.34. The molecule has 2 rings (SSSR count). The normalized spacial score (nSPS) is 27.8. The van der Waals surface area contributed by atoms with Gasteiger partial charge in [0.25, 0.3) is 0 Å². The van der Waals surface area contributed by atoms with Gasteiger partial charge in [0.05, 0.1) is 10.7 Å². The molecule has 1 saturated heterocycles. The van der Waals surface area contributed by atoms with Crippen molar-refractivity contribution in [2.75, 3.05) is 13.1 Å². The average molecular weight is 199 g/mol. The van der Waals surface area contributed by atoms with Crippen molar-refractivity contribution < 1.29 is 5.11 Å². The Labute approximate surface area is 81.8 Å². The van der Waals surface area contributed by atoms with Gasteiger partial charge < -0.3 is 10.4 Å². The Bertz CT molecular complexity index is 293. The van der Waals surface area contributed by atoms with Gasteiger partial charge in [0.1, 0.15) is 5.60 Å². The Morgan fingerprint density at radius 1 is 1.54 bits per heavy atom. The van der Waals surface area contributed by atoms with E-state index in [2.05, 4.69) is 10.3 Å². The molecular formula is C9H11ClN2O. The summed E-state index contributed by atoms with van der Waals surface area (Å²) < 4.78 is 0. The number of β-amino-alcohol motifs (C(OH)–C–C–N with tert-alkyl or cyclic N) is 1. The summed E-state index contributed by atoms with van der Waals surface area (Å²) in [7, 11) is 0. The molecule has 3 nitrogen and oxygen atoms in total. The van der Waals surface area contributed by atoms with Crippen LogP contribution in [0.25, 0.3) is 0 Å². The van der Waals surface area contributed by atoms with E-state index in [1.165, 1.54) is 0 Å². The van der Waals surface area contributed by atoms with Gasteiger partial charge in [-0.2, -0.15) is 0 Å². The van der Waals surface area contributed by atoms with Gasteiger partial charge in [-0.25, -0.2) is 0 Å². The Hall–Kier alpha value is -0.640. The lowest BCUT2D eigenvalue weighted by atomic mass is 9.98. The maximum Gasteiger partial charge on any atom is 0.120 e. The van der Waals surface area contributed by atoms with Gasteiger partial charge in [-0.1, -0.05) is 11.6 Å². The molecule has 0 radical (unpaired) electrons. The molecule has 2 heterocycles. The summed E-state index contributed by atoms with van der Waals surface area (Å²) in [5.74, 6) is 0. The predicted octanol–water partition coefficient (Wildman–Crippen LogP) is 0.916. The van der Waals surface area contributed by atoms with Crippen LogP contribution in [0.5, 0.6) is 0 Å². The van der Waals surface area contributed by atoms with Gasteiger partial charge in [-0.05, 0) is 25.1 Å². The second-order valence-electron chi connectivity index (χ2n) is 3.32. The number of aromatic nitrogens is 1. The quantitative estimate of drug-likeness (QED) is 0.706. The highest BCUT2D eigenvalue weighted by atomic mass is 35.5. The van der Waals surface area contributed by atoms with E-state index in [1.807, 2.05) is 0 Å². The first-order valence-corrected chi connectivity index (χ1v) is 4.64. The van der Waals surface area contributed by atoms with Gasteiger partial charge in [0.15, 0.2) is 0 Å². The summed E-state index contributed by atoms with van der Waals surface area (Å²) in [6.07, 6.45) is 2.27. The topological polar surface area (TPSA) is 45.2 Å². The molecule has 0 aromatic carbocycles. The van der Waals surface area contributed by atoms with Crippen molar-refractivity contribution in [3.05, 3.63) is 29.0 Å². The minimum Gasteiger partial charge on any atom is -0.382 e. The number of hydrogen-bond donors (Lipinski definition) is 2. The average Bonchev–Trinajstić information content (AvgIpc) is 2.54. The van der Waals surface area contributed by atoms with Crippen LogP contribution < -0.4 is 5.32 Å². The predicted molar refractivity (Wildman–Crippen MR) is 50.6 cm³/mol. The van der Waals surface area contributed by atoms with Crippen molar-refractivity contribution in [3.8, 4) is 0 Å². The first-order valence-electron chi connectivity index (χ1n) is 4.26. The van der Waals surface area contributed by atoms with Crippen molar-refractivity contribution in [1.29, 1.82) is 0 Å². The molecule has 13 heavy (non-hydrogen) atoms. The zero-order valence-electron chi connectivity index (χ0n) is 7.13. The van der Waals surface area contributed by atoms with E-state index in [4.69, 9.17) is 11.6 Å². The van der Waals surface area contributed by atoms with Gasteiger partial charge >= 0.3 is 0 Å². The first-order chi connectivity index (χ1) is 6.21. The fraction of sp³-hybridized carbons (Fsp3) is 0.444. The molecule has 1 aromatic heterocycles. The summed E-state index contributed by atoms with van der Waals surface area (Å²) in [6, 6.07) is 3.52. The molecule has 4 heteroatoms. The number of halogens is 1. The second-order valence-corrected chi connectivity index (χ2v) is 3.76. The number of rotatable bonds is 1. The van der Waals surface area contributed by atoms with Gasteiger partial charge in [0.2, 0.25) is 0 Å². The molecule has 0 aliphatic carbocycles. The molecule has 0 amide bonds. The van der Waals surface area contributed by atoms with E-state index in [0.717, 1.165) is 6.54 Å². The van der Waals surface area contributed by atoms with Crippen molar-refractivity contribution in [3.63, 3.8) is 0 Å². The van der Waals surface area contributed by atoms with Crippen molar-refractivity contribution in [2.24, 2.45) is 0 Å². The fourth-order valence-electron chi connectivity index (χ4n) is 1.55. The lowest BCUT2D eigenvalue weighted by Crippen LogP contribution is -2.29. The number of nitrogens with one attached hydrogen (secondary N) is 1. The standard InChI is InChI=1S/C9H11ClN2O/c10-7-1-2-8(12-5-7)9(13)3-4-11-6-9/h1-2,5,11,13H,3-4,6H2. The molecule has 1 fully saturated rings.